The summed E-state index contributed by atoms with van der Waals surface area (Å²) in [5, 5.41) is 0. The molecule has 2 aliphatic heterocycles. The van der Waals surface area contributed by atoms with Crippen LogP contribution in [0.25, 0.3) is 0 Å². The zero-order valence-electron chi connectivity index (χ0n) is 18.5. The van der Waals surface area contributed by atoms with E-state index in [0.29, 0.717) is 17.1 Å². The molecular formula is C23H26N2O7S. The Labute approximate surface area is 192 Å². The Balaban J connectivity index is 1.28. The molecular weight excluding hydrogens is 448 g/mol. The molecule has 2 aromatic carbocycles. The average Bonchev–Trinajstić information content (AvgIpc) is 2.81. The Morgan fingerprint density at radius 2 is 1.73 bits per heavy atom. The molecule has 1 atom stereocenters. The summed E-state index contributed by atoms with van der Waals surface area (Å²) in [6, 6.07) is 12.2. The number of hydrogen-bond donors (Lipinski definition) is 0. The highest BCUT2D eigenvalue weighted by molar-refractivity contribution is 7.89. The molecule has 0 saturated carbocycles. The molecule has 0 unspecified atom stereocenters. The van der Waals surface area contributed by atoms with Crippen LogP contribution in [0.3, 0.4) is 0 Å². The number of sulfonamides is 1. The van der Waals surface area contributed by atoms with Crippen molar-refractivity contribution in [2.24, 2.45) is 0 Å². The molecule has 0 N–H and O–H groups in total. The second-order valence-corrected chi connectivity index (χ2v) is 9.93. The van der Waals surface area contributed by atoms with Crippen molar-refractivity contribution in [1.29, 1.82) is 0 Å². The third-order valence-electron chi connectivity index (χ3n) is 5.65. The molecule has 9 nitrogen and oxygen atoms in total. The van der Waals surface area contributed by atoms with Gasteiger partial charge in [-0.15, -0.1) is 0 Å². The van der Waals surface area contributed by atoms with E-state index >= 15 is 0 Å². The van der Waals surface area contributed by atoms with E-state index in [1.165, 1.54) is 9.21 Å². The number of carbonyl (C=O) groups is 2. The first kappa shape index (κ1) is 23.1. The van der Waals surface area contributed by atoms with Gasteiger partial charge in [-0.05, 0) is 37.6 Å². The van der Waals surface area contributed by atoms with Gasteiger partial charge in [-0.1, -0.05) is 29.8 Å². The van der Waals surface area contributed by atoms with Crippen LogP contribution in [0.2, 0.25) is 0 Å². The Kier molecular flexibility index (Phi) is 6.57. The van der Waals surface area contributed by atoms with Crippen molar-refractivity contribution in [2.75, 3.05) is 39.4 Å². The second-order valence-electron chi connectivity index (χ2n) is 8.03. The minimum atomic E-state index is -3.64. The second kappa shape index (κ2) is 9.40. The Morgan fingerprint density at radius 1 is 1.03 bits per heavy atom. The molecule has 4 rings (SSSR count). The van der Waals surface area contributed by atoms with E-state index in [1.54, 1.807) is 43.3 Å². The molecule has 176 valence electrons. The van der Waals surface area contributed by atoms with Gasteiger partial charge in [-0.3, -0.25) is 4.79 Å². The first-order valence-corrected chi connectivity index (χ1v) is 12.1. The van der Waals surface area contributed by atoms with E-state index in [9.17, 15) is 18.0 Å². The topological polar surface area (TPSA) is 102 Å². The van der Waals surface area contributed by atoms with Gasteiger partial charge >= 0.3 is 5.97 Å². The van der Waals surface area contributed by atoms with Crippen LogP contribution in [0.1, 0.15) is 11.1 Å². The number of aryl methyl sites for hydroxylation is 2. The molecule has 2 aromatic rings. The molecule has 2 aliphatic rings. The highest BCUT2D eigenvalue weighted by atomic mass is 32.2. The number of benzene rings is 2. The lowest BCUT2D eigenvalue weighted by atomic mass is 10.2. The van der Waals surface area contributed by atoms with Crippen LogP contribution in [0.4, 0.5) is 0 Å². The van der Waals surface area contributed by atoms with Gasteiger partial charge in [0.2, 0.25) is 16.1 Å². The number of amides is 1. The fourth-order valence-corrected chi connectivity index (χ4v) is 5.49. The zero-order valence-corrected chi connectivity index (χ0v) is 19.3. The number of hydrogen-bond acceptors (Lipinski definition) is 7. The molecule has 2 heterocycles. The summed E-state index contributed by atoms with van der Waals surface area (Å²) in [4.78, 5) is 26.6. The lowest BCUT2D eigenvalue weighted by Gasteiger charge is -2.34. The van der Waals surface area contributed by atoms with Crippen LogP contribution in [-0.4, -0.2) is 75.0 Å². The number of piperazine rings is 1. The lowest BCUT2D eigenvalue weighted by molar-refractivity contribution is -0.160. The molecule has 10 heteroatoms. The van der Waals surface area contributed by atoms with Crippen LogP contribution in [0, 0.1) is 13.8 Å². The predicted molar refractivity (Wildman–Crippen MR) is 119 cm³/mol. The summed E-state index contributed by atoms with van der Waals surface area (Å²) < 4.78 is 43.6. The SMILES string of the molecule is Cc1ccc(S(=O)(=O)N2CCN(C(=O)COC(=O)[C@@H]3COc4ccccc4O3)CC2)c(C)c1. The van der Waals surface area contributed by atoms with E-state index in [-0.39, 0.29) is 43.6 Å². The molecule has 1 saturated heterocycles. The fourth-order valence-electron chi connectivity index (χ4n) is 3.86. The van der Waals surface area contributed by atoms with Crippen molar-refractivity contribution in [3.63, 3.8) is 0 Å². The highest BCUT2D eigenvalue weighted by Gasteiger charge is 2.33. The summed E-state index contributed by atoms with van der Waals surface area (Å²) in [7, 11) is -3.64. The monoisotopic (exact) mass is 474 g/mol. The Morgan fingerprint density at radius 3 is 2.42 bits per heavy atom. The van der Waals surface area contributed by atoms with E-state index < -0.39 is 28.7 Å². The van der Waals surface area contributed by atoms with Crippen LogP contribution in [0.5, 0.6) is 11.5 Å². The van der Waals surface area contributed by atoms with Crippen LogP contribution >= 0.6 is 0 Å². The molecule has 0 radical (unpaired) electrons. The van der Waals surface area contributed by atoms with Crippen molar-refractivity contribution in [3.05, 3.63) is 53.6 Å². The van der Waals surface area contributed by atoms with E-state index in [4.69, 9.17) is 14.2 Å². The maximum Gasteiger partial charge on any atom is 0.351 e. The standard InChI is InChI=1S/C23H26N2O7S/c1-16-7-8-21(17(2)13-16)33(28,29)25-11-9-24(10-12-25)22(26)15-31-23(27)20-14-30-18-5-3-4-6-19(18)32-20/h3-8,13,20H,9-12,14-15H2,1-2H3/t20-/m0/s1. The van der Waals surface area contributed by atoms with Gasteiger partial charge in [-0.25, -0.2) is 13.2 Å². The van der Waals surface area contributed by atoms with Gasteiger partial charge in [0.05, 0.1) is 4.90 Å². The van der Waals surface area contributed by atoms with Gasteiger partial charge in [0.1, 0.15) is 6.61 Å². The summed E-state index contributed by atoms with van der Waals surface area (Å²) >= 11 is 0. The van der Waals surface area contributed by atoms with Gasteiger partial charge in [0, 0.05) is 26.2 Å². The molecule has 1 amide bonds. The lowest BCUT2D eigenvalue weighted by Crippen LogP contribution is -2.51. The first-order chi connectivity index (χ1) is 15.8. The number of ether oxygens (including phenoxy) is 3. The number of para-hydroxylation sites is 2. The van der Waals surface area contributed by atoms with E-state index in [1.807, 2.05) is 13.0 Å². The summed E-state index contributed by atoms with van der Waals surface area (Å²) in [6.07, 6.45) is -0.951. The number of nitrogens with zero attached hydrogens (tertiary/aromatic N) is 2. The van der Waals surface area contributed by atoms with E-state index in [2.05, 4.69) is 0 Å². The summed E-state index contributed by atoms with van der Waals surface area (Å²) in [5.74, 6) is -0.0811. The van der Waals surface area contributed by atoms with Crippen molar-refractivity contribution in [2.45, 2.75) is 24.8 Å². The Bertz CT molecular complexity index is 1160. The average molecular weight is 475 g/mol. The number of esters is 1. The molecule has 0 aliphatic carbocycles. The maximum atomic E-state index is 13.0. The Hall–Kier alpha value is -3.11. The van der Waals surface area contributed by atoms with Crippen molar-refractivity contribution < 1.29 is 32.2 Å². The van der Waals surface area contributed by atoms with Gasteiger partial charge in [-0.2, -0.15) is 4.31 Å². The predicted octanol–water partition coefficient (Wildman–Crippen LogP) is 1.52. The highest BCUT2D eigenvalue weighted by Crippen LogP contribution is 2.31. The first-order valence-electron chi connectivity index (χ1n) is 10.7. The molecule has 0 bridgehead atoms. The quantitative estimate of drug-likeness (QED) is 0.606. The summed E-state index contributed by atoms with van der Waals surface area (Å²) in [6.45, 7) is 4.02. The molecule has 0 spiro atoms. The van der Waals surface area contributed by atoms with Gasteiger partial charge in [0.15, 0.2) is 18.1 Å². The molecule has 33 heavy (non-hydrogen) atoms. The van der Waals surface area contributed by atoms with Gasteiger partial charge in [0.25, 0.3) is 5.91 Å². The number of rotatable bonds is 5. The van der Waals surface area contributed by atoms with Crippen molar-refractivity contribution in [3.8, 4) is 11.5 Å². The number of carbonyl (C=O) groups excluding carboxylic acids is 2. The molecule has 0 aromatic heterocycles. The fraction of sp³-hybridized carbons (Fsp3) is 0.391. The van der Waals surface area contributed by atoms with Crippen LogP contribution in [0.15, 0.2) is 47.4 Å². The third kappa shape index (κ3) is 4.96. The van der Waals surface area contributed by atoms with E-state index in [0.717, 1.165) is 5.56 Å². The minimum absolute atomic E-state index is 0.000994. The third-order valence-corrected chi connectivity index (χ3v) is 7.71. The zero-order chi connectivity index (χ0) is 23.6. The van der Waals surface area contributed by atoms with Crippen LogP contribution < -0.4 is 9.47 Å². The summed E-state index contributed by atoms with van der Waals surface area (Å²) in [5.41, 5.74) is 1.68. The maximum absolute atomic E-state index is 13.0. The number of fused-ring (bicyclic) bond motifs is 1. The van der Waals surface area contributed by atoms with Crippen LogP contribution in [-0.2, 0) is 24.3 Å². The molecule has 1 fully saturated rings. The van der Waals surface area contributed by atoms with Gasteiger partial charge < -0.3 is 19.1 Å². The minimum Gasteiger partial charge on any atom is -0.485 e. The van der Waals surface area contributed by atoms with Crippen molar-refractivity contribution >= 4 is 21.9 Å². The van der Waals surface area contributed by atoms with Crippen molar-refractivity contribution in [1.82, 2.24) is 9.21 Å². The smallest absolute Gasteiger partial charge is 0.351 e. The largest absolute Gasteiger partial charge is 0.485 e. The normalized spacial score (nSPS) is 18.6.